The van der Waals surface area contributed by atoms with E-state index >= 15 is 0 Å². The summed E-state index contributed by atoms with van der Waals surface area (Å²) in [5.74, 6) is -6.80. The van der Waals surface area contributed by atoms with E-state index in [0.29, 0.717) is 0 Å². The molecule has 16 atom stereocenters. The smallest absolute Gasteiger partial charge is 0.364 e. The van der Waals surface area contributed by atoms with Gasteiger partial charge in [-0.1, -0.05) is 6.92 Å². The van der Waals surface area contributed by atoms with Gasteiger partial charge in [-0.3, -0.25) is 4.79 Å². The van der Waals surface area contributed by atoms with Crippen LogP contribution < -0.4 is 5.73 Å². The van der Waals surface area contributed by atoms with Crippen molar-refractivity contribution in [3.05, 3.63) is 0 Å². The van der Waals surface area contributed by atoms with Crippen LogP contribution in [0.15, 0.2) is 0 Å². The fourth-order valence-electron chi connectivity index (χ4n) is 5.20. The summed E-state index contributed by atoms with van der Waals surface area (Å²) in [6.45, 7) is -2.03. The first-order valence-electron chi connectivity index (χ1n) is 13.7. The van der Waals surface area contributed by atoms with Crippen molar-refractivity contribution in [2.75, 3.05) is 26.4 Å². The van der Waals surface area contributed by atoms with Crippen LogP contribution in [0, 0.1) is 5.92 Å². The molecule has 13 N–H and O–H groups in total. The number of aliphatic hydroxyl groups is 10. The maximum Gasteiger partial charge on any atom is 0.364 e. The largest absolute Gasteiger partial charge is 0.477 e. The fraction of sp³-hybridized carbons (Fsp3) is 0.917. The molecule has 20 nitrogen and oxygen atoms in total. The monoisotopic (exact) mass is 647 g/mol. The van der Waals surface area contributed by atoms with Crippen molar-refractivity contribution in [3.63, 3.8) is 0 Å². The molecule has 0 amide bonds. The minimum absolute atomic E-state index is 0.597. The molecular formula is C24H41NO19. The van der Waals surface area contributed by atoms with Gasteiger partial charge in [-0.2, -0.15) is 0 Å². The third kappa shape index (κ3) is 7.47. The molecule has 3 fully saturated rings. The fourth-order valence-corrected chi connectivity index (χ4v) is 5.20. The van der Waals surface area contributed by atoms with Crippen LogP contribution in [0.25, 0.3) is 0 Å². The second kappa shape index (κ2) is 15.3. The molecule has 0 bridgehead atoms. The summed E-state index contributed by atoms with van der Waals surface area (Å²) in [6.07, 6.45) is -26.5. The lowest BCUT2D eigenvalue weighted by Gasteiger charge is -2.50. The summed E-state index contributed by atoms with van der Waals surface area (Å²) < 4.78 is 32.2. The molecule has 3 heterocycles. The Kier molecular flexibility index (Phi) is 12.8. The predicted octanol–water partition coefficient (Wildman–Crippen LogP) is -7.58. The lowest BCUT2D eigenvalue weighted by Crippen LogP contribution is -2.68. The van der Waals surface area contributed by atoms with Crippen LogP contribution in [0.4, 0.5) is 0 Å². The van der Waals surface area contributed by atoms with Crippen LogP contribution in [-0.4, -0.2) is 186 Å². The third-order valence-electron chi connectivity index (χ3n) is 7.85. The molecule has 6 unspecified atom stereocenters. The number of ether oxygens (including phenoxy) is 6. The zero-order valence-corrected chi connectivity index (χ0v) is 23.5. The summed E-state index contributed by atoms with van der Waals surface area (Å²) in [5.41, 5.74) is 5.17. The van der Waals surface area contributed by atoms with E-state index in [4.69, 9.17) is 34.2 Å². The molecule has 44 heavy (non-hydrogen) atoms. The Hall–Kier alpha value is -1.70. The van der Waals surface area contributed by atoms with Gasteiger partial charge in [0, 0.05) is 12.3 Å². The Labute approximate surface area is 249 Å². The van der Waals surface area contributed by atoms with Gasteiger partial charge < -0.3 is 90.3 Å². The van der Waals surface area contributed by atoms with E-state index in [1.807, 2.05) is 0 Å². The van der Waals surface area contributed by atoms with E-state index in [0.717, 1.165) is 0 Å². The van der Waals surface area contributed by atoms with Crippen molar-refractivity contribution in [2.24, 2.45) is 11.7 Å². The van der Waals surface area contributed by atoms with Gasteiger partial charge in [-0.25, -0.2) is 4.79 Å². The molecule has 3 aliphatic rings. The molecule has 0 radical (unpaired) electrons. The van der Waals surface area contributed by atoms with Crippen molar-refractivity contribution in [3.8, 4) is 0 Å². The molecule has 3 aliphatic heterocycles. The van der Waals surface area contributed by atoms with E-state index in [1.165, 1.54) is 6.92 Å². The third-order valence-corrected chi connectivity index (χ3v) is 7.85. The van der Waals surface area contributed by atoms with Gasteiger partial charge in [0.15, 0.2) is 6.29 Å². The van der Waals surface area contributed by atoms with Crippen LogP contribution in [0.3, 0.4) is 0 Å². The standard InChI is InChI=1S/C24H41NO19/c1-7-8(29)2-24(23(37)38,43-18(7)13(32)9(30)4-26)44-20-14(33)10(5-27)39-22(17(20)36)42-19-11(6-28)40-21(16(35)15(19)34)41-12(31)3-25/h7-11,13-22,26-30,32-36H,2-6,25H2,1H3,(H,37,38)/t7-,8-,9-,10?,11?,13?,14+,15-,16?,17?,18?,19-,20+,21+,22+,24+/m1/s1. The lowest BCUT2D eigenvalue weighted by atomic mass is 9.84. The van der Waals surface area contributed by atoms with Crippen LogP contribution >= 0.6 is 0 Å². The van der Waals surface area contributed by atoms with Gasteiger partial charge in [0.2, 0.25) is 6.29 Å². The summed E-state index contributed by atoms with van der Waals surface area (Å²) in [6, 6.07) is 0. The molecule has 256 valence electrons. The SMILES string of the molecule is C[C@H]1C(C(O)[C@H](O)CO)O[C@@](O[C@@H]2C(O)[C@H](O[C@@H]3C(CO)O[C@@H](OC(=O)CN)C(O)[C@H]3O)OC(CO)[C@@H]2O)(C(=O)O)C[C@H]1O. The molecule has 3 rings (SSSR count). The summed E-state index contributed by atoms with van der Waals surface area (Å²) in [7, 11) is 0. The minimum atomic E-state index is -2.89. The molecule has 3 saturated heterocycles. The number of aliphatic hydroxyl groups excluding tert-OH is 10. The van der Waals surface area contributed by atoms with E-state index in [2.05, 4.69) is 0 Å². The first-order chi connectivity index (χ1) is 20.7. The number of rotatable bonds is 12. The summed E-state index contributed by atoms with van der Waals surface area (Å²) in [4.78, 5) is 24.0. The Morgan fingerprint density at radius 1 is 0.909 bits per heavy atom. The molecule has 20 heteroatoms. The molecule has 0 aromatic carbocycles. The summed E-state index contributed by atoms with van der Waals surface area (Å²) >= 11 is 0. The second-order valence-corrected chi connectivity index (χ2v) is 10.8. The number of nitrogens with two attached hydrogens (primary N) is 1. The van der Waals surface area contributed by atoms with E-state index in [1.54, 1.807) is 0 Å². The van der Waals surface area contributed by atoms with Gasteiger partial charge in [-0.05, 0) is 0 Å². The Morgan fingerprint density at radius 3 is 2.07 bits per heavy atom. The topological polar surface area (TPSA) is 338 Å². The number of carbonyl (C=O) groups excluding carboxylic acids is 1. The Morgan fingerprint density at radius 2 is 1.52 bits per heavy atom. The zero-order valence-electron chi connectivity index (χ0n) is 23.5. The van der Waals surface area contributed by atoms with Crippen LogP contribution in [0.5, 0.6) is 0 Å². The molecule has 0 saturated carbocycles. The van der Waals surface area contributed by atoms with Crippen LogP contribution in [0.2, 0.25) is 0 Å². The number of esters is 1. The second-order valence-electron chi connectivity index (χ2n) is 10.8. The van der Waals surface area contributed by atoms with Gasteiger partial charge in [-0.15, -0.1) is 0 Å². The van der Waals surface area contributed by atoms with Crippen molar-refractivity contribution < 1.29 is 94.2 Å². The van der Waals surface area contributed by atoms with Gasteiger partial charge >= 0.3 is 11.9 Å². The molecular weight excluding hydrogens is 606 g/mol. The van der Waals surface area contributed by atoms with E-state index in [9.17, 15) is 65.8 Å². The quantitative estimate of drug-likeness (QED) is 0.0875. The maximum absolute atomic E-state index is 12.5. The molecule has 0 spiro atoms. The molecule has 0 aromatic heterocycles. The number of carboxylic acid groups (broad SMARTS) is 1. The van der Waals surface area contributed by atoms with Crippen molar-refractivity contribution in [1.82, 2.24) is 0 Å². The number of hydrogen-bond donors (Lipinski definition) is 12. The number of carboxylic acids is 1. The van der Waals surface area contributed by atoms with Gasteiger partial charge in [0.1, 0.15) is 61.0 Å². The van der Waals surface area contributed by atoms with Crippen LogP contribution in [0.1, 0.15) is 13.3 Å². The average molecular weight is 648 g/mol. The Balaban J connectivity index is 1.88. The molecule has 0 aliphatic carbocycles. The number of hydrogen-bond acceptors (Lipinski definition) is 19. The van der Waals surface area contributed by atoms with Gasteiger partial charge in [0.05, 0.1) is 38.6 Å². The van der Waals surface area contributed by atoms with E-state index in [-0.39, 0.29) is 0 Å². The van der Waals surface area contributed by atoms with E-state index < -0.39 is 142 Å². The zero-order chi connectivity index (χ0) is 33.1. The number of aliphatic carboxylic acids is 1. The number of carbonyl (C=O) groups is 2. The first-order valence-corrected chi connectivity index (χ1v) is 13.7. The summed E-state index contributed by atoms with van der Waals surface area (Å²) in [5, 5.41) is 113. The van der Waals surface area contributed by atoms with Crippen molar-refractivity contribution >= 4 is 11.9 Å². The van der Waals surface area contributed by atoms with Crippen molar-refractivity contribution in [2.45, 2.75) is 105 Å². The highest BCUT2D eigenvalue weighted by molar-refractivity contribution is 5.76. The minimum Gasteiger partial charge on any atom is -0.477 e. The van der Waals surface area contributed by atoms with Crippen molar-refractivity contribution in [1.29, 1.82) is 0 Å². The first kappa shape index (κ1) is 36.8. The van der Waals surface area contributed by atoms with Gasteiger partial charge in [0.25, 0.3) is 5.79 Å². The normalized spacial score (nSPS) is 44.5. The Bertz CT molecular complexity index is 958. The predicted molar refractivity (Wildman–Crippen MR) is 135 cm³/mol. The lowest BCUT2D eigenvalue weighted by molar-refractivity contribution is -0.387. The molecule has 0 aromatic rings. The highest BCUT2D eigenvalue weighted by Gasteiger charge is 2.59. The van der Waals surface area contributed by atoms with Crippen LogP contribution in [-0.2, 0) is 38.0 Å². The average Bonchev–Trinajstić information content (AvgIpc) is 3.00. The highest BCUT2D eigenvalue weighted by Crippen LogP contribution is 2.40. The highest BCUT2D eigenvalue weighted by atomic mass is 16.8. The maximum atomic E-state index is 12.5.